The number of phenolic OH excluding ortho intramolecular Hbond substituents is 1. The highest BCUT2D eigenvalue weighted by Crippen LogP contribution is 2.27. The second kappa shape index (κ2) is 3.81. The molecule has 1 aliphatic heterocycles. The number of hydrogen-bond acceptors (Lipinski definition) is 3. The van der Waals surface area contributed by atoms with Crippen molar-refractivity contribution in [3.63, 3.8) is 0 Å². The maximum Gasteiger partial charge on any atom is 0.326 e. The average Bonchev–Trinajstić information content (AvgIpc) is 2.39. The fraction of sp³-hybridized carbons (Fsp3) is 0.364. The van der Waals surface area contributed by atoms with E-state index in [2.05, 4.69) is 5.32 Å². The standard InChI is InChI=1S/C11H13NO3/c13-8-4-5-9-7(6-8)2-1-3-10(12-9)11(14)15/h4-6,10,12-13H,1-3H2,(H,14,15). The van der Waals surface area contributed by atoms with Gasteiger partial charge in [-0.1, -0.05) is 0 Å². The van der Waals surface area contributed by atoms with Gasteiger partial charge in [0, 0.05) is 5.69 Å². The van der Waals surface area contributed by atoms with Gasteiger partial charge in [-0.3, -0.25) is 0 Å². The van der Waals surface area contributed by atoms with E-state index in [4.69, 9.17) is 5.11 Å². The molecule has 4 heteroatoms. The van der Waals surface area contributed by atoms with Gasteiger partial charge < -0.3 is 15.5 Å². The van der Waals surface area contributed by atoms with Gasteiger partial charge in [0.25, 0.3) is 0 Å². The van der Waals surface area contributed by atoms with Gasteiger partial charge >= 0.3 is 5.97 Å². The molecule has 1 heterocycles. The Bertz CT molecular complexity index is 389. The number of aryl methyl sites for hydroxylation is 1. The average molecular weight is 207 g/mol. The maximum atomic E-state index is 10.9. The van der Waals surface area contributed by atoms with Gasteiger partial charge in [0.1, 0.15) is 11.8 Å². The predicted octanol–water partition coefficient (Wildman–Crippen LogP) is 1.59. The third kappa shape index (κ3) is 2.03. The number of phenols is 1. The molecule has 0 spiro atoms. The van der Waals surface area contributed by atoms with Crippen molar-refractivity contribution in [2.75, 3.05) is 5.32 Å². The van der Waals surface area contributed by atoms with E-state index in [1.807, 2.05) is 0 Å². The van der Waals surface area contributed by atoms with E-state index in [1.165, 1.54) is 0 Å². The van der Waals surface area contributed by atoms with Crippen molar-refractivity contribution in [3.05, 3.63) is 23.8 Å². The molecule has 0 radical (unpaired) electrons. The van der Waals surface area contributed by atoms with Crippen LogP contribution >= 0.6 is 0 Å². The van der Waals surface area contributed by atoms with Crippen LogP contribution in [0.5, 0.6) is 5.75 Å². The quantitative estimate of drug-likeness (QED) is 0.612. The number of anilines is 1. The van der Waals surface area contributed by atoms with Gasteiger partial charge in [0.15, 0.2) is 0 Å². The predicted molar refractivity (Wildman–Crippen MR) is 56.1 cm³/mol. The number of hydrogen-bond donors (Lipinski definition) is 3. The first kappa shape index (κ1) is 9.83. The molecule has 3 N–H and O–H groups in total. The van der Waals surface area contributed by atoms with E-state index in [9.17, 15) is 9.90 Å². The highest BCUT2D eigenvalue weighted by Gasteiger charge is 2.21. The van der Waals surface area contributed by atoms with Crippen molar-refractivity contribution in [1.82, 2.24) is 0 Å². The molecule has 15 heavy (non-hydrogen) atoms. The molecule has 0 amide bonds. The summed E-state index contributed by atoms with van der Waals surface area (Å²) in [7, 11) is 0. The van der Waals surface area contributed by atoms with Gasteiger partial charge in [-0.25, -0.2) is 4.79 Å². The third-order valence-corrected chi connectivity index (χ3v) is 2.66. The molecule has 1 unspecified atom stereocenters. The van der Waals surface area contributed by atoms with E-state index < -0.39 is 12.0 Å². The second-order valence-electron chi connectivity index (χ2n) is 3.77. The summed E-state index contributed by atoms with van der Waals surface area (Å²) in [6, 6.07) is 4.46. The van der Waals surface area contributed by atoms with Crippen LogP contribution in [-0.4, -0.2) is 22.2 Å². The maximum absolute atomic E-state index is 10.9. The molecule has 0 fully saturated rings. The van der Waals surface area contributed by atoms with Crippen LogP contribution in [0.15, 0.2) is 18.2 Å². The smallest absolute Gasteiger partial charge is 0.326 e. The van der Waals surface area contributed by atoms with Gasteiger partial charge in [-0.05, 0) is 43.0 Å². The van der Waals surface area contributed by atoms with Crippen molar-refractivity contribution >= 4 is 11.7 Å². The lowest BCUT2D eigenvalue weighted by atomic mass is 10.1. The van der Waals surface area contributed by atoms with Crippen LogP contribution < -0.4 is 5.32 Å². The number of benzene rings is 1. The van der Waals surface area contributed by atoms with Gasteiger partial charge in [0.05, 0.1) is 0 Å². The topological polar surface area (TPSA) is 69.6 Å². The minimum absolute atomic E-state index is 0.226. The fourth-order valence-electron chi connectivity index (χ4n) is 1.87. The van der Waals surface area contributed by atoms with E-state index in [-0.39, 0.29) is 5.75 Å². The molecule has 0 aliphatic carbocycles. The number of carbonyl (C=O) groups is 1. The monoisotopic (exact) mass is 207 g/mol. The molecule has 0 saturated carbocycles. The lowest BCUT2D eigenvalue weighted by molar-refractivity contribution is -0.138. The lowest BCUT2D eigenvalue weighted by Crippen LogP contribution is -2.28. The fourth-order valence-corrected chi connectivity index (χ4v) is 1.87. The molecule has 80 valence electrons. The van der Waals surface area contributed by atoms with E-state index in [1.54, 1.807) is 18.2 Å². The van der Waals surface area contributed by atoms with Crippen LogP contribution in [0.1, 0.15) is 18.4 Å². The number of aliphatic carboxylic acids is 1. The highest BCUT2D eigenvalue weighted by molar-refractivity contribution is 5.78. The van der Waals surface area contributed by atoms with Crippen LogP contribution in [0.4, 0.5) is 5.69 Å². The molecular formula is C11H13NO3. The number of carboxylic acids is 1. The van der Waals surface area contributed by atoms with Crippen LogP contribution in [0, 0.1) is 0 Å². The highest BCUT2D eigenvalue weighted by atomic mass is 16.4. The Hall–Kier alpha value is -1.71. The summed E-state index contributed by atoms with van der Waals surface area (Å²) in [5.41, 5.74) is 1.80. The van der Waals surface area contributed by atoms with Crippen molar-refractivity contribution in [1.29, 1.82) is 0 Å². The Morgan fingerprint density at radius 3 is 3.00 bits per heavy atom. The van der Waals surface area contributed by atoms with Crippen LogP contribution in [0.2, 0.25) is 0 Å². The van der Waals surface area contributed by atoms with E-state index in [0.717, 1.165) is 24.1 Å². The molecule has 0 aromatic heterocycles. The molecular weight excluding hydrogens is 194 g/mol. The molecule has 0 saturated heterocycles. The summed E-state index contributed by atoms with van der Waals surface area (Å²) in [5.74, 6) is -0.597. The number of rotatable bonds is 1. The number of carboxylic acid groups (broad SMARTS) is 1. The zero-order chi connectivity index (χ0) is 10.8. The Balaban J connectivity index is 2.29. The number of nitrogens with one attached hydrogen (secondary N) is 1. The van der Waals surface area contributed by atoms with Crippen LogP contribution in [0.25, 0.3) is 0 Å². The van der Waals surface area contributed by atoms with Crippen LogP contribution in [0.3, 0.4) is 0 Å². The summed E-state index contributed by atoms with van der Waals surface area (Å²) in [6.45, 7) is 0. The lowest BCUT2D eigenvalue weighted by Gasteiger charge is -2.13. The molecule has 1 aromatic carbocycles. The molecule has 2 rings (SSSR count). The molecule has 1 aromatic rings. The molecule has 0 bridgehead atoms. The minimum atomic E-state index is -0.823. The molecule has 4 nitrogen and oxygen atoms in total. The van der Waals surface area contributed by atoms with Crippen molar-refractivity contribution in [3.8, 4) is 5.75 Å². The normalized spacial score (nSPS) is 19.9. The first-order chi connectivity index (χ1) is 7.16. The van der Waals surface area contributed by atoms with Gasteiger partial charge in [-0.2, -0.15) is 0 Å². The number of aromatic hydroxyl groups is 1. The zero-order valence-electron chi connectivity index (χ0n) is 8.23. The van der Waals surface area contributed by atoms with Crippen molar-refractivity contribution in [2.45, 2.75) is 25.3 Å². The summed E-state index contributed by atoms with van der Waals surface area (Å²) in [6.07, 6.45) is 2.24. The zero-order valence-corrected chi connectivity index (χ0v) is 8.23. The van der Waals surface area contributed by atoms with Crippen molar-refractivity contribution < 1.29 is 15.0 Å². The Labute approximate surface area is 87.6 Å². The Morgan fingerprint density at radius 1 is 1.47 bits per heavy atom. The Morgan fingerprint density at radius 2 is 2.27 bits per heavy atom. The van der Waals surface area contributed by atoms with Gasteiger partial charge in [0.2, 0.25) is 0 Å². The van der Waals surface area contributed by atoms with Crippen LogP contribution in [-0.2, 0) is 11.2 Å². The summed E-state index contributed by atoms with van der Waals surface area (Å²) in [4.78, 5) is 10.9. The molecule has 1 atom stereocenters. The SMILES string of the molecule is O=C(O)C1CCCc2cc(O)ccc2N1. The third-order valence-electron chi connectivity index (χ3n) is 2.66. The van der Waals surface area contributed by atoms with Gasteiger partial charge in [-0.15, -0.1) is 0 Å². The second-order valence-corrected chi connectivity index (χ2v) is 3.77. The summed E-state index contributed by atoms with van der Waals surface area (Å²) < 4.78 is 0. The summed E-state index contributed by atoms with van der Waals surface area (Å²) in [5, 5.41) is 21.2. The number of fused-ring (bicyclic) bond motifs is 1. The largest absolute Gasteiger partial charge is 0.508 e. The van der Waals surface area contributed by atoms with E-state index >= 15 is 0 Å². The first-order valence-electron chi connectivity index (χ1n) is 4.98. The molecule has 1 aliphatic rings. The van der Waals surface area contributed by atoms with E-state index in [0.29, 0.717) is 6.42 Å². The summed E-state index contributed by atoms with van der Waals surface area (Å²) >= 11 is 0. The van der Waals surface area contributed by atoms with Crippen molar-refractivity contribution in [2.24, 2.45) is 0 Å². The first-order valence-corrected chi connectivity index (χ1v) is 4.98. The Kier molecular flexibility index (Phi) is 2.49. The minimum Gasteiger partial charge on any atom is -0.508 e.